The molecule has 2 heteroatoms. The van der Waals surface area contributed by atoms with Crippen LogP contribution in [0.5, 0.6) is 0 Å². The van der Waals surface area contributed by atoms with E-state index in [2.05, 4.69) is 0 Å². The van der Waals surface area contributed by atoms with Crippen LogP contribution < -0.4 is 5.73 Å². The molecule has 3 rings (SSSR count). The molecule has 2 N–H and O–H groups in total. The normalized spacial score (nSPS) is 36.9. The van der Waals surface area contributed by atoms with E-state index < -0.39 is 0 Å². The van der Waals surface area contributed by atoms with Gasteiger partial charge in [0.2, 0.25) is 0 Å². The standard InChI is InChI=1S/C14H18FN/c15-13-5-2-10(3-6-13)8-14(16)9-11-1-4-12(14)7-11/h2-3,5-6,11-12H,1,4,7-9,16H2. The lowest BCUT2D eigenvalue weighted by Gasteiger charge is -2.34. The highest BCUT2D eigenvalue weighted by atomic mass is 19.1. The predicted octanol–water partition coefficient (Wildman–Crippen LogP) is 2.89. The van der Waals surface area contributed by atoms with E-state index in [0.29, 0.717) is 5.92 Å². The fraction of sp³-hybridized carbons (Fsp3) is 0.571. The van der Waals surface area contributed by atoms with Crippen molar-refractivity contribution in [3.05, 3.63) is 35.6 Å². The van der Waals surface area contributed by atoms with Crippen LogP contribution in [0.15, 0.2) is 24.3 Å². The summed E-state index contributed by atoms with van der Waals surface area (Å²) < 4.78 is 12.8. The summed E-state index contributed by atoms with van der Waals surface area (Å²) >= 11 is 0. The van der Waals surface area contributed by atoms with Gasteiger partial charge in [-0.15, -0.1) is 0 Å². The third-order valence-corrected chi connectivity index (χ3v) is 4.47. The van der Waals surface area contributed by atoms with Crippen molar-refractivity contribution in [2.45, 2.75) is 37.6 Å². The lowest BCUT2D eigenvalue weighted by molar-refractivity contribution is 0.269. The van der Waals surface area contributed by atoms with Gasteiger partial charge in [0.05, 0.1) is 0 Å². The molecule has 3 atom stereocenters. The predicted molar refractivity (Wildman–Crippen MR) is 62.5 cm³/mol. The Morgan fingerprint density at radius 2 is 2.00 bits per heavy atom. The number of nitrogens with two attached hydrogens (primary N) is 1. The fourth-order valence-electron chi connectivity index (χ4n) is 3.69. The summed E-state index contributed by atoms with van der Waals surface area (Å²) in [5.41, 5.74) is 7.68. The van der Waals surface area contributed by atoms with Crippen LogP contribution in [0.3, 0.4) is 0 Å². The van der Waals surface area contributed by atoms with Crippen LogP contribution in [0.1, 0.15) is 31.2 Å². The van der Waals surface area contributed by atoms with Crippen molar-refractivity contribution >= 4 is 0 Å². The van der Waals surface area contributed by atoms with E-state index in [9.17, 15) is 4.39 Å². The molecule has 2 fully saturated rings. The zero-order valence-electron chi connectivity index (χ0n) is 9.45. The Kier molecular flexibility index (Phi) is 2.28. The molecule has 86 valence electrons. The van der Waals surface area contributed by atoms with Gasteiger partial charge in [-0.2, -0.15) is 0 Å². The maximum Gasteiger partial charge on any atom is 0.123 e. The molecule has 0 heterocycles. The highest BCUT2D eigenvalue weighted by Gasteiger charge is 2.48. The second-order valence-corrected chi connectivity index (χ2v) is 5.62. The van der Waals surface area contributed by atoms with Gasteiger partial charge in [0, 0.05) is 5.54 Å². The van der Waals surface area contributed by atoms with Crippen molar-refractivity contribution in [2.24, 2.45) is 17.6 Å². The number of halogens is 1. The van der Waals surface area contributed by atoms with Crippen LogP contribution in [0.4, 0.5) is 4.39 Å². The van der Waals surface area contributed by atoms with Gasteiger partial charge in [-0.3, -0.25) is 0 Å². The van der Waals surface area contributed by atoms with Crippen LogP contribution in [0.2, 0.25) is 0 Å². The van der Waals surface area contributed by atoms with Gasteiger partial charge in [0.1, 0.15) is 5.82 Å². The molecule has 2 bridgehead atoms. The van der Waals surface area contributed by atoms with Crippen molar-refractivity contribution in [1.82, 2.24) is 0 Å². The summed E-state index contributed by atoms with van der Waals surface area (Å²) in [4.78, 5) is 0. The largest absolute Gasteiger partial charge is 0.325 e. The average Bonchev–Trinajstić information content (AvgIpc) is 2.81. The van der Waals surface area contributed by atoms with Gasteiger partial charge in [0.25, 0.3) is 0 Å². The van der Waals surface area contributed by atoms with Crippen LogP contribution >= 0.6 is 0 Å². The van der Waals surface area contributed by atoms with Crippen molar-refractivity contribution < 1.29 is 4.39 Å². The second-order valence-electron chi connectivity index (χ2n) is 5.62. The Balaban J connectivity index is 1.77. The first-order valence-electron chi connectivity index (χ1n) is 6.19. The van der Waals surface area contributed by atoms with Gasteiger partial charge in [-0.1, -0.05) is 18.6 Å². The molecule has 0 amide bonds. The summed E-state index contributed by atoms with van der Waals surface area (Å²) in [7, 11) is 0. The summed E-state index contributed by atoms with van der Waals surface area (Å²) in [5, 5.41) is 0. The van der Waals surface area contributed by atoms with E-state index >= 15 is 0 Å². The highest BCUT2D eigenvalue weighted by Crippen LogP contribution is 2.50. The minimum Gasteiger partial charge on any atom is -0.325 e. The molecule has 0 radical (unpaired) electrons. The van der Waals surface area contributed by atoms with Gasteiger partial charge in [0.15, 0.2) is 0 Å². The van der Waals surface area contributed by atoms with Crippen molar-refractivity contribution in [3.8, 4) is 0 Å². The lowest BCUT2D eigenvalue weighted by Crippen LogP contribution is -2.46. The lowest BCUT2D eigenvalue weighted by atomic mass is 9.77. The molecule has 1 aromatic carbocycles. The number of benzene rings is 1. The molecule has 3 unspecified atom stereocenters. The second kappa shape index (κ2) is 3.56. The van der Waals surface area contributed by atoms with Crippen molar-refractivity contribution in [1.29, 1.82) is 0 Å². The molecule has 2 saturated carbocycles. The summed E-state index contributed by atoms with van der Waals surface area (Å²) in [6, 6.07) is 6.81. The van der Waals surface area contributed by atoms with E-state index in [0.717, 1.165) is 18.8 Å². The van der Waals surface area contributed by atoms with Crippen LogP contribution in [0.25, 0.3) is 0 Å². The average molecular weight is 219 g/mol. The van der Waals surface area contributed by atoms with Gasteiger partial charge in [-0.05, 0) is 55.2 Å². The SMILES string of the molecule is NC1(Cc2ccc(F)cc2)CC2CCC1C2. The van der Waals surface area contributed by atoms with Crippen LogP contribution in [0, 0.1) is 17.7 Å². The van der Waals surface area contributed by atoms with Gasteiger partial charge >= 0.3 is 0 Å². The zero-order chi connectivity index (χ0) is 11.2. The molecule has 1 aromatic rings. The van der Waals surface area contributed by atoms with E-state index in [1.165, 1.54) is 37.0 Å². The Morgan fingerprint density at radius 1 is 1.25 bits per heavy atom. The van der Waals surface area contributed by atoms with E-state index in [1.54, 1.807) is 0 Å². The Labute approximate surface area is 95.8 Å². The summed E-state index contributed by atoms with van der Waals surface area (Å²) in [6.45, 7) is 0. The smallest absolute Gasteiger partial charge is 0.123 e. The third-order valence-electron chi connectivity index (χ3n) is 4.47. The minimum absolute atomic E-state index is 0.0131. The van der Waals surface area contributed by atoms with E-state index in [1.807, 2.05) is 12.1 Å². The molecular formula is C14H18FN. The fourth-order valence-corrected chi connectivity index (χ4v) is 3.69. The first-order valence-corrected chi connectivity index (χ1v) is 6.19. The van der Waals surface area contributed by atoms with Crippen molar-refractivity contribution in [2.75, 3.05) is 0 Å². The van der Waals surface area contributed by atoms with E-state index in [4.69, 9.17) is 5.73 Å². The molecule has 16 heavy (non-hydrogen) atoms. The highest BCUT2D eigenvalue weighted by molar-refractivity contribution is 5.21. The Bertz CT molecular complexity index is 386. The number of rotatable bonds is 2. The summed E-state index contributed by atoms with van der Waals surface area (Å²) in [5.74, 6) is 1.39. The first-order chi connectivity index (χ1) is 7.66. The molecule has 1 nitrogen and oxygen atoms in total. The molecular weight excluding hydrogens is 201 g/mol. The monoisotopic (exact) mass is 219 g/mol. The molecule has 0 aromatic heterocycles. The molecule has 0 saturated heterocycles. The van der Waals surface area contributed by atoms with Crippen LogP contribution in [-0.4, -0.2) is 5.54 Å². The quantitative estimate of drug-likeness (QED) is 0.813. The molecule has 0 spiro atoms. The molecule has 2 aliphatic rings. The number of hydrogen-bond acceptors (Lipinski definition) is 1. The first kappa shape index (κ1) is 10.3. The zero-order valence-corrected chi connectivity index (χ0v) is 9.45. The topological polar surface area (TPSA) is 26.0 Å². The van der Waals surface area contributed by atoms with Crippen molar-refractivity contribution in [3.63, 3.8) is 0 Å². The number of fused-ring (bicyclic) bond motifs is 2. The van der Waals surface area contributed by atoms with Crippen LogP contribution in [-0.2, 0) is 6.42 Å². The minimum atomic E-state index is -0.164. The maximum atomic E-state index is 12.8. The summed E-state index contributed by atoms with van der Waals surface area (Å²) in [6.07, 6.45) is 6.05. The van der Waals surface area contributed by atoms with E-state index in [-0.39, 0.29) is 11.4 Å². The maximum absolute atomic E-state index is 12.8. The Morgan fingerprint density at radius 3 is 2.56 bits per heavy atom. The molecule has 2 aliphatic carbocycles. The molecule has 0 aliphatic heterocycles. The number of hydrogen-bond donors (Lipinski definition) is 1. The van der Waals surface area contributed by atoms with Gasteiger partial charge < -0.3 is 5.73 Å². The third kappa shape index (κ3) is 1.65. The van der Waals surface area contributed by atoms with Gasteiger partial charge in [-0.25, -0.2) is 4.39 Å². The Hall–Kier alpha value is -0.890.